The molecule has 0 bridgehead atoms. The quantitative estimate of drug-likeness (QED) is 0.667. The topological polar surface area (TPSA) is 81.2 Å². The first-order chi connectivity index (χ1) is 9.13. The van der Waals surface area contributed by atoms with E-state index in [1.165, 1.54) is 0 Å². The van der Waals surface area contributed by atoms with Crippen LogP contribution in [0.1, 0.15) is 5.56 Å². The SMILES string of the molecule is COc1ccc(Oc2c(N)cc(C#N)cc2I)nc1. The van der Waals surface area contributed by atoms with Crippen molar-refractivity contribution in [1.29, 1.82) is 5.26 Å². The third-order valence-electron chi connectivity index (χ3n) is 2.35. The Hall–Kier alpha value is -2.01. The van der Waals surface area contributed by atoms with Crippen molar-refractivity contribution in [1.82, 2.24) is 4.98 Å². The van der Waals surface area contributed by atoms with Gasteiger partial charge in [0, 0.05) is 6.07 Å². The van der Waals surface area contributed by atoms with Crippen molar-refractivity contribution in [3.8, 4) is 23.4 Å². The normalized spacial score (nSPS) is 9.74. The first-order valence-electron chi connectivity index (χ1n) is 5.31. The molecule has 0 atom stereocenters. The molecule has 0 saturated heterocycles. The van der Waals surface area contributed by atoms with E-state index in [0.717, 1.165) is 3.57 Å². The minimum absolute atomic E-state index is 0.404. The number of halogens is 1. The predicted molar refractivity (Wildman–Crippen MR) is 79.1 cm³/mol. The van der Waals surface area contributed by atoms with Gasteiger partial charge in [-0.2, -0.15) is 5.26 Å². The largest absolute Gasteiger partial charge is 0.495 e. The van der Waals surface area contributed by atoms with E-state index in [1.54, 1.807) is 37.6 Å². The maximum absolute atomic E-state index is 8.85. The number of hydrogen-bond acceptors (Lipinski definition) is 5. The number of nitrogen functional groups attached to an aromatic ring is 1. The molecule has 2 N–H and O–H groups in total. The van der Waals surface area contributed by atoms with Crippen LogP contribution in [-0.2, 0) is 0 Å². The smallest absolute Gasteiger partial charge is 0.219 e. The van der Waals surface area contributed by atoms with Crippen LogP contribution < -0.4 is 15.2 Å². The van der Waals surface area contributed by atoms with Crippen molar-refractivity contribution < 1.29 is 9.47 Å². The molecule has 1 heterocycles. The number of nitriles is 1. The number of ether oxygens (including phenoxy) is 2. The monoisotopic (exact) mass is 367 g/mol. The fourth-order valence-electron chi connectivity index (χ4n) is 1.44. The summed E-state index contributed by atoms with van der Waals surface area (Å²) in [5.41, 5.74) is 6.77. The van der Waals surface area contributed by atoms with Crippen LogP contribution in [0.25, 0.3) is 0 Å². The summed E-state index contributed by atoms with van der Waals surface area (Å²) in [5, 5.41) is 8.85. The molecule has 1 aromatic carbocycles. The van der Waals surface area contributed by atoms with Gasteiger partial charge in [0.15, 0.2) is 5.75 Å². The Bertz CT molecular complexity index is 612. The fourth-order valence-corrected chi connectivity index (χ4v) is 2.20. The van der Waals surface area contributed by atoms with E-state index in [0.29, 0.717) is 28.6 Å². The van der Waals surface area contributed by atoms with Gasteiger partial charge in [-0.3, -0.25) is 0 Å². The summed E-state index contributed by atoms with van der Waals surface area (Å²) in [4.78, 5) is 4.10. The summed E-state index contributed by atoms with van der Waals surface area (Å²) < 4.78 is 11.4. The van der Waals surface area contributed by atoms with Crippen molar-refractivity contribution in [3.63, 3.8) is 0 Å². The van der Waals surface area contributed by atoms with Crippen LogP contribution in [0.15, 0.2) is 30.5 Å². The second-order valence-corrected chi connectivity index (χ2v) is 4.79. The van der Waals surface area contributed by atoms with Crippen LogP contribution in [0.5, 0.6) is 17.4 Å². The zero-order valence-electron chi connectivity index (χ0n) is 10.1. The number of pyridine rings is 1. The number of benzene rings is 1. The highest BCUT2D eigenvalue weighted by Gasteiger charge is 2.10. The second kappa shape index (κ2) is 5.75. The van der Waals surface area contributed by atoms with Crippen LogP contribution >= 0.6 is 22.6 Å². The molecule has 0 aliphatic heterocycles. The molecule has 2 aromatic rings. The summed E-state index contributed by atoms with van der Waals surface area (Å²) in [7, 11) is 1.57. The average molecular weight is 367 g/mol. The summed E-state index contributed by atoms with van der Waals surface area (Å²) in [5.74, 6) is 1.56. The number of methoxy groups -OCH3 is 1. The molecule has 0 fully saturated rings. The Morgan fingerprint density at radius 1 is 1.37 bits per heavy atom. The Morgan fingerprint density at radius 2 is 2.16 bits per heavy atom. The summed E-state index contributed by atoms with van der Waals surface area (Å²) in [6, 6.07) is 8.75. The minimum Gasteiger partial charge on any atom is -0.495 e. The van der Waals surface area contributed by atoms with Gasteiger partial charge in [0.1, 0.15) is 5.75 Å². The van der Waals surface area contributed by atoms with Crippen molar-refractivity contribution in [3.05, 3.63) is 39.6 Å². The molecule has 0 saturated carbocycles. The van der Waals surface area contributed by atoms with Crippen LogP contribution in [0.2, 0.25) is 0 Å². The molecule has 0 spiro atoms. The van der Waals surface area contributed by atoms with Gasteiger partial charge >= 0.3 is 0 Å². The highest BCUT2D eigenvalue weighted by atomic mass is 127. The average Bonchev–Trinajstić information content (AvgIpc) is 2.43. The number of anilines is 1. The van der Waals surface area contributed by atoms with Gasteiger partial charge in [-0.05, 0) is 40.8 Å². The molecule has 96 valence electrons. The van der Waals surface area contributed by atoms with Gasteiger partial charge < -0.3 is 15.2 Å². The standard InChI is InChI=1S/C13H10IN3O2/c1-18-9-2-3-12(17-7-9)19-13-10(14)4-8(6-15)5-11(13)16/h2-5,7H,16H2,1H3. The lowest BCUT2D eigenvalue weighted by atomic mass is 10.2. The zero-order chi connectivity index (χ0) is 13.8. The van der Waals surface area contributed by atoms with Crippen LogP contribution in [0.4, 0.5) is 5.69 Å². The molecule has 1 aromatic heterocycles. The van der Waals surface area contributed by atoms with Gasteiger partial charge in [0.05, 0.1) is 34.2 Å². The van der Waals surface area contributed by atoms with E-state index >= 15 is 0 Å². The zero-order valence-corrected chi connectivity index (χ0v) is 12.2. The van der Waals surface area contributed by atoms with E-state index in [2.05, 4.69) is 27.6 Å². The van der Waals surface area contributed by atoms with Crippen molar-refractivity contribution in [2.45, 2.75) is 0 Å². The van der Waals surface area contributed by atoms with Crippen LogP contribution in [0.3, 0.4) is 0 Å². The Balaban J connectivity index is 2.30. The van der Waals surface area contributed by atoms with E-state index < -0.39 is 0 Å². The lowest BCUT2D eigenvalue weighted by molar-refractivity contribution is 0.407. The molecule has 0 radical (unpaired) electrons. The van der Waals surface area contributed by atoms with Crippen molar-refractivity contribution >= 4 is 28.3 Å². The van der Waals surface area contributed by atoms with Crippen LogP contribution in [0, 0.1) is 14.9 Å². The van der Waals surface area contributed by atoms with Crippen molar-refractivity contribution in [2.75, 3.05) is 12.8 Å². The lowest BCUT2D eigenvalue weighted by Crippen LogP contribution is -1.97. The Kier molecular flexibility index (Phi) is 4.06. The van der Waals surface area contributed by atoms with Gasteiger partial charge in [0.2, 0.25) is 5.88 Å². The van der Waals surface area contributed by atoms with Gasteiger partial charge in [-0.1, -0.05) is 0 Å². The highest BCUT2D eigenvalue weighted by Crippen LogP contribution is 2.33. The van der Waals surface area contributed by atoms with Gasteiger partial charge in [-0.15, -0.1) is 0 Å². The summed E-state index contributed by atoms with van der Waals surface area (Å²) in [6.07, 6.45) is 1.56. The van der Waals surface area contributed by atoms with E-state index in [1.807, 2.05) is 6.07 Å². The summed E-state index contributed by atoms with van der Waals surface area (Å²) >= 11 is 2.07. The molecule has 5 nitrogen and oxygen atoms in total. The second-order valence-electron chi connectivity index (χ2n) is 3.63. The molecule has 0 aliphatic rings. The first kappa shape index (κ1) is 13.4. The molecular formula is C13H10IN3O2. The maximum Gasteiger partial charge on any atom is 0.219 e. The predicted octanol–water partition coefficient (Wildman–Crippen LogP) is 2.94. The Morgan fingerprint density at radius 3 is 2.68 bits per heavy atom. The third-order valence-corrected chi connectivity index (χ3v) is 3.15. The molecule has 0 amide bonds. The highest BCUT2D eigenvalue weighted by molar-refractivity contribution is 14.1. The maximum atomic E-state index is 8.85. The molecule has 19 heavy (non-hydrogen) atoms. The first-order valence-corrected chi connectivity index (χ1v) is 6.39. The Labute approximate surface area is 124 Å². The van der Waals surface area contributed by atoms with Gasteiger partial charge in [-0.25, -0.2) is 4.98 Å². The third kappa shape index (κ3) is 3.06. The number of aromatic nitrogens is 1. The van der Waals surface area contributed by atoms with Crippen LogP contribution in [-0.4, -0.2) is 12.1 Å². The molecule has 6 heteroatoms. The van der Waals surface area contributed by atoms with E-state index in [-0.39, 0.29) is 0 Å². The number of rotatable bonds is 3. The lowest BCUT2D eigenvalue weighted by Gasteiger charge is -2.10. The minimum atomic E-state index is 0.404. The van der Waals surface area contributed by atoms with E-state index in [9.17, 15) is 0 Å². The number of hydrogen-bond donors (Lipinski definition) is 1. The number of nitrogens with zero attached hydrogens (tertiary/aromatic N) is 2. The fraction of sp³-hybridized carbons (Fsp3) is 0.0769. The summed E-state index contributed by atoms with van der Waals surface area (Å²) in [6.45, 7) is 0. The van der Waals surface area contributed by atoms with Gasteiger partial charge in [0.25, 0.3) is 0 Å². The molecule has 2 rings (SSSR count). The molecular weight excluding hydrogens is 357 g/mol. The molecule has 0 aliphatic carbocycles. The molecule has 0 unspecified atom stereocenters. The van der Waals surface area contributed by atoms with E-state index in [4.69, 9.17) is 20.5 Å². The number of nitrogens with two attached hydrogens (primary N) is 1. The van der Waals surface area contributed by atoms with Crippen molar-refractivity contribution in [2.24, 2.45) is 0 Å².